The third kappa shape index (κ3) is 2.86. The van der Waals surface area contributed by atoms with Gasteiger partial charge in [0.2, 0.25) is 0 Å². The van der Waals surface area contributed by atoms with E-state index in [0.29, 0.717) is 45.2 Å². The van der Waals surface area contributed by atoms with Crippen LogP contribution in [-0.4, -0.2) is 18.3 Å². The second-order valence-electron chi connectivity index (χ2n) is 4.87. The molecule has 0 spiro atoms. The fraction of sp³-hybridized carbons (Fsp3) is 0.333. The zero-order valence-corrected chi connectivity index (χ0v) is 13.7. The van der Waals surface area contributed by atoms with Crippen LogP contribution in [0.5, 0.6) is 11.5 Å². The number of ether oxygens (including phenoxy) is 2. The van der Waals surface area contributed by atoms with Crippen molar-refractivity contribution in [2.75, 3.05) is 13.2 Å². The topological polar surface area (TPSA) is 38.7 Å². The number of benzene rings is 1. The van der Waals surface area contributed by atoms with Crippen LogP contribution in [0.15, 0.2) is 17.5 Å². The number of hydrogen-bond donors (Lipinski definition) is 1. The van der Waals surface area contributed by atoms with E-state index in [0.717, 1.165) is 12.0 Å². The summed E-state index contributed by atoms with van der Waals surface area (Å²) in [7, 11) is 0. The Morgan fingerprint density at radius 2 is 1.86 bits per heavy atom. The maximum atomic E-state index is 10.6. The van der Waals surface area contributed by atoms with E-state index < -0.39 is 6.10 Å². The summed E-state index contributed by atoms with van der Waals surface area (Å²) in [6.45, 7) is 3.09. The first-order valence-corrected chi connectivity index (χ1v) is 8.22. The minimum Gasteiger partial charge on any atom is -0.490 e. The van der Waals surface area contributed by atoms with Gasteiger partial charge in [0.1, 0.15) is 6.10 Å². The second kappa shape index (κ2) is 6.05. The molecule has 2 heterocycles. The third-order valence-corrected chi connectivity index (χ3v) is 5.43. The Morgan fingerprint density at radius 1 is 1.19 bits per heavy atom. The van der Waals surface area contributed by atoms with Gasteiger partial charge in [-0.2, -0.15) is 0 Å². The van der Waals surface area contributed by atoms with Crippen LogP contribution in [0.3, 0.4) is 0 Å². The quantitative estimate of drug-likeness (QED) is 0.864. The zero-order chi connectivity index (χ0) is 15.0. The summed E-state index contributed by atoms with van der Waals surface area (Å²) in [6.07, 6.45) is -0.0546. The van der Waals surface area contributed by atoms with E-state index in [1.54, 1.807) is 12.1 Å². The van der Waals surface area contributed by atoms with E-state index in [9.17, 15) is 5.11 Å². The highest BCUT2D eigenvalue weighted by Gasteiger charge is 2.23. The van der Waals surface area contributed by atoms with Crippen molar-refractivity contribution >= 4 is 34.5 Å². The molecule has 1 aromatic carbocycles. The van der Waals surface area contributed by atoms with Crippen molar-refractivity contribution in [2.45, 2.75) is 19.4 Å². The van der Waals surface area contributed by atoms with Crippen LogP contribution in [0, 0.1) is 6.92 Å². The average Bonchev–Trinajstić information content (AvgIpc) is 2.67. The molecule has 2 aromatic rings. The first-order chi connectivity index (χ1) is 10.1. The standard InChI is InChI=1S/C15H14Cl2O3S/c1-8-7-21-15(13(8)17)14(18)9-5-11-12(6-10(9)16)20-4-2-3-19-11/h5-7,14,18H,2-4H2,1H3. The first-order valence-electron chi connectivity index (χ1n) is 6.58. The van der Waals surface area contributed by atoms with Crippen LogP contribution in [0.2, 0.25) is 10.0 Å². The molecular formula is C15H14Cl2O3S. The lowest BCUT2D eigenvalue weighted by Gasteiger charge is -2.15. The maximum absolute atomic E-state index is 10.6. The van der Waals surface area contributed by atoms with Gasteiger partial charge >= 0.3 is 0 Å². The lowest BCUT2D eigenvalue weighted by Crippen LogP contribution is -2.01. The van der Waals surface area contributed by atoms with Gasteiger partial charge in [-0.25, -0.2) is 0 Å². The van der Waals surface area contributed by atoms with Crippen LogP contribution < -0.4 is 9.47 Å². The number of hydrogen-bond acceptors (Lipinski definition) is 4. The molecule has 0 saturated heterocycles. The highest BCUT2D eigenvalue weighted by molar-refractivity contribution is 7.10. The molecule has 6 heteroatoms. The zero-order valence-electron chi connectivity index (χ0n) is 11.4. The Kier molecular flexibility index (Phi) is 4.31. The number of rotatable bonds is 2. The Labute approximate surface area is 137 Å². The second-order valence-corrected chi connectivity index (χ2v) is 6.57. The molecule has 1 aliphatic heterocycles. The Bertz CT molecular complexity index is 669. The summed E-state index contributed by atoms with van der Waals surface area (Å²) < 4.78 is 11.2. The van der Waals surface area contributed by atoms with Crippen molar-refractivity contribution < 1.29 is 14.6 Å². The molecule has 0 amide bonds. The maximum Gasteiger partial charge on any atom is 0.162 e. The number of aryl methyl sites for hydroxylation is 1. The normalized spacial score (nSPS) is 15.6. The molecule has 0 saturated carbocycles. The Morgan fingerprint density at radius 3 is 2.48 bits per heavy atom. The van der Waals surface area contributed by atoms with Crippen molar-refractivity contribution in [3.8, 4) is 11.5 Å². The molecule has 112 valence electrons. The largest absolute Gasteiger partial charge is 0.490 e. The molecule has 0 bridgehead atoms. The Balaban J connectivity index is 2.02. The fourth-order valence-electron chi connectivity index (χ4n) is 2.18. The third-order valence-electron chi connectivity index (χ3n) is 3.33. The van der Waals surface area contributed by atoms with Gasteiger partial charge in [-0.1, -0.05) is 23.2 Å². The number of aliphatic hydroxyl groups excluding tert-OH is 1. The van der Waals surface area contributed by atoms with Gasteiger partial charge in [-0.15, -0.1) is 11.3 Å². The lowest BCUT2D eigenvalue weighted by atomic mass is 10.1. The fourth-order valence-corrected chi connectivity index (χ4v) is 3.74. The summed E-state index contributed by atoms with van der Waals surface area (Å²) in [6, 6.07) is 3.42. The molecule has 1 aromatic heterocycles. The lowest BCUT2D eigenvalue weighted by molar-refractivity contribution is 0.223. The van der Waals surface area contributed by atoms with Gasteiger partial charge in [-0.3, -0.25) is 0 Å². The summed E-state index contributed by atoms with van der Waals surface area (Å²) in [5, 5.41) is 13.5. The molecule has 1 aliphatic rings. The highest BCUT2D eigenvalue weighted by atomic mass is 35.5. The molecule has 0 aliphatic carbocycles. The molecule has 21 heavy (non-hydrogen) atoms. The highest BCUT2D eigenvalue weighted by Crippen LogP contribution is 2.42. The predicted molar refractivity (Wildman–Crippen MR) is 85.2 cm³/mol. The summed E-state index contributed by atoms with van der Waals surface area (Å²) in [5.74, 6) is 1.22. The van der Waals surface area contributed by atoms with Crippen molar-refractivity contribution in [3.05, 3.63) is 43.6 Å². The SMILES string of the molecule is Cc1csc(C(O)c2cc3c(cc2Cl)OCCCO3)c1Cl. The van der Waals surface area contributed by atoms with E-state index in [-0.39, 0.29) is 0 Å². The van der Waals surface area contributed by atoms with E-state index in [2.05, 4.69) is 0 Å². The van der Waals surface area contributed by atoms with E-state index >= 15 is 0 Å². The van der Waals surface area contributed by atoms with Crippen molar-refractivity contribution in [1.29, 1.82) is 0 Å². The monoisotopic (exact) mass is 344 g/mol. The van der Waals surface area contributed by atoms with Crippen molar-refractivity contribution in [2.24, 2.45) is 0 Å². The minimum absolute atomic E-state index is 0.439. The Hall–Kier alpha value is -0.940. The molecule has 3 nitrogen and oxygen atoms in total. The smallest absolute Gasteiger partial charge is 0.162 e. The van der Waals surface area contributed by atoms with Crippen LogP contribution >= 0.6 is 34.5 Å². The van der Waals surface area contributed by atoms with Crippen molar-refractivity contribution in [1.82, 2.24) is 0 Å². The number of thiophene rings is 1. The molecule has 1 unspecified atom stereocenters. The summed E-state index contributed by atoms with van der Waals surface area (Å²) >= 11 is 13.9. The van der Waals surface area contributed by atoms with Gasteiger partial charge in [0.25, 0.3) is 0 Å². The van der Waals surface area contributed by atoms with Crippen LogP contribution in [0.1, 0.15) is 28.5 Å². The molecule has 1 N–H and O–H groups in total. The van der Waals surface area contributed by atoms with E-state index in [1.165, 1.54) is 11.3 Å². The van der Waals surface area contributed by atoms with Gasteiger partial charge < -0.3 is 14.6 Å². The average molecular weight is 345 g/mol. The van der Waals surface area contributed by atoms with Gasteiger partial charge in [0, 0.05) is 18.1 Å². The molecule has 0 radical (unpaired) electrons. The van der Waals surface area contributed by atoms with Crippen LogP contribution in [-0.2, 0) is 0 Å². The minimum atomic E-state index is -0.874. The number of fused-ring (bicyclic) bond motifs is 1. The van der Waals surface area contributed by atoms with Crippen LogP contribution in [0.4, 0.5) is 0 Å². The molecule has 0 fully saturated rings. The van der Waals surface area contributed by atoms with E-state index in [4.69, 9.17) is 32.7 Å². The van der Waals surface area contributed by atoms with Gasteiger partial charge in [-0.05, 0) is 23.9 Å². The number of aliphatic hydroxyl groups is 1. The number of halogens is 2. The predicted octanol–water partition coefficient (Wildman–Crippen LogP) is 4.61. The van der Waals surface area contributed by atoms with Crippen LogP contribution in [0.25, 0.3) is 0 Å². The summed E-state index contributed by atoms with van der Waals surface area (Å²) in [5.41, 5.74) is 1.52. The molecule has 3 rings (SSSR count). The van der Waals surface area contributed by atoms with Gasteiger partial charge in [0.15, 0.2) is 11.5 Å². The molecule has 1 atom stereocenters. The summed E-state index contributed by atoms with van der Waals surface area (Å²) in [4.78, 5) is 0.686. The van der Waals surface area contributed by atoms with Crippen molar-refractivity contribution in [3.63, 3.8) is 0 Å². The van der Waals surface area contributed by atoms with Gasteiger partial charge in [0.05, 0.1) is 28.1 Å². The van der Waals surface area contributed by atoms with E-state index in [1.807, 2.05) is 12.3 Å². The first kappa shape index (κ1) is 15.0. The molecular weight excluding hydrogens is 331 g/mol.